The third-order valence-electron chi connectivity index (χ3n) is 3.31. The van der Waals surface area contributed by atoms with Crippen LogP contribution in [0.2, 0.25) is 0 Å². The standard InChI is InChI=1S/C16H17N3S/c1-2-7-18-16(15-10-20-11-19-15)13-6-5-12-4-3-8-17-14(12)9-13/h3-6,8-11,16,18H,2,7H2,1H3. The Morgan fingerprint density at radius 2 is 2.20 bits per heavy atom. The minimum absolute atomic E-state index is 0.146. The summed E-state index contributed by atoms with van der Waals surface area (Å²) in [5.41, 5.74) is 5.22. The van der Waals surface area contributed by atoms with Crippen molar-refractivity contribution in [2.75, 3.05) is 6.54 Å². The molecule has 1 N–H and O–H groups in total. The topological polar surface area (TPSA) is 37.8 Å². The second kappa shape index (κ2) is 6.11. The molecule has 2 heterocycles. The van der Waals surface area contributed by atoms with E-state index in [0.29, 0.717) is 0 Å². The van der Waals surface area contributed by atoms with E-state index in [2.05, 4.69) is 51.9 Å². The number of hydrogen-bond donors (Lipinski definition) is 1. The zero-order chi connectivity index (χ0) is 13.8. The average Bonchev–Trinajstić information content (AvgIpc) is 3.02. The summed E-state index contributed by atoms with van der Waals surface area (Å²) >= 11 is 1.63. The fraction of sp³-hybridized carbons (Fsp3) is 0.250. The van der Waals surface area contributed by atoms with Crippen LogP contribution in [0.15, 0.2) is 47.4 Å². The number of nitrogens with one attached hydrogen (secondary N) is 1. The van der Waals surface area contributed by atoms with Gasteiger partial charge in [0.05, 0.1) is 22.8 Å². The fourth-order valence-electron chi connectivity index (χ4n) is 2.31. The Bertz CT molecular complexity index is 679. The van der Waals surface area contributed by atoms with Crippen LogP contribution in [0.5, 0.6) is 0 Å². The summed E-state index contributed by atoms with van der Waals surface area (Å²) in [6.07, 6.45) is 2.94. The van der Waals surface area contributed by atoms with Crippen molar-refractivity contribution in [2.45, 2.75) is 19.4 Å². The SMILES string of the molecule is CCCNC(c1ccc2cccnc2c1)c1cscn1. The third-order valence-corrected chi connectivity index (χ3v) is 3.91. The number of rotatable bonds is 5. The van der Waals surface area contributed by atoms with Crippen molar-refractivity contribution in [2.24, 2.45) is 0 Å². The van der Waals surface area contributed by atoms with Crippen LogP contribution in [0.3, 0.4) is 0 Å². The molecule has 102 valence electrons. The third kappa shape index (κ3) is 2.71. The first-order chi connectivity index (χ1) is 9.88. The van der Waals surface area contributed by atoms with E-state index in [1.165, 1.54) is 10.9 Å². The highest BCUT2D eigenvalue weighted by molar-refractivity contribution is 7.07. The van der Waals surface area contributed by atoms with E-state index in [9.17, 15) is 0 Å². The molecule has 0 saturated heterocycles. The lowest BCUT2D eigenvalue weighted by Gasteiger charge is -2.17. The van der Waals surface area contributed by atoms with Gasteiger partial charge in [-0.25, -0.2) is 4.98 Å². The van der Waals surface area contributed by atoms with Crippen molar-refractivity contribution in [3.05, 3.63) is 58.7 Å². The van der Waals surface area contributed by atoms with Gasteiger partial charge in [0.2, 0.25) is 0 Å². The molecule has 20 heavy (non-hydrogen) atoms. The van der Waals surface area contributed by atoms with Gasteiger partial charge in [0.15, 0.2) is 0 Å². The highest BCUT2D eigenvalue weighted by Crippen LogP contribution is 2.24. The average molecular weight is 283 g/mol. The number of fused-ring (bicyclic) bond motifs is 1. The van der Waals surface area contributed by atoms with Crippen LogP contribution in [-0.2, 0) is 0 Å². The predicted molar refractivity (Wildman–Crippen MR) is 84.0 cm³/mol. The molecule has 3 aromatic rings. The van der Waals surface area contributed by atoms with E-state index in [1.807, 2.05) is 17.8 Å². The maximum absolute atomic E-state index is 4.46. The van der Waals surface area contributed by atoms with Crippen LogP contribution >= 0.6 is 11.3 Å². The fourth-order valence-corrected chi connectivity index (χ4v) is 2.89. The molecular weight excluding hydrogens is 266 g/mol. The van der Waals surface area contributed by atoms with E-state index in [-0.39, 0.29) is 6.04 Å². The molecule has 3 nitrogen and oxygen atoms in total. The summed E-state index contributed by atoms with van der Waals surface area (Å²) in [5.74, 6) is 0. The van der Waals surface area contributed by atoms with Crippen LogP contribution < -0.4 is 5.32 Å². The lowest BCUT2D eigenvalue weighted by Crippen LogP contribution is -2.23. The van der Waals surface area contributed by atoms with Gasteiger partial charge in [-0.2, -0.15) is 0 Å². The Labute approximate surface area is 122 Å². The van der Waals surface area contributed by atoms with Gasteiger partial charge < -0.3 is 5.32 Å². The summed E-state index contributed by atoms with van der Waals surface area (Å²) in [6, 6.07) is 10.6. The molecule has 1 aromatic carbocycles. The van der Waals surface area contributed by atoms with Gasteiger partial charge in [-0.15, -0.1) is 11.3 Å². The molecule has 0 spiro atoms. The van der Waals surface area contributed by atoms with Crippen molar-refractivity contribution in [3.63, 3.8) is 0 Å². The van der Waals surface area contributed by atoms with Gasteiger partial charge in [-0.05, 0) is 30.7 Å². The summed E-state index contributed by atoms with van der Waals surface area (Å²) in [5, 5.41) is 6.85. The lowest BCUT2D eigenvalue weighted by molar-refractivity contribution is 0.589. The smallest absolute Gasteiger partial charge is 0.0795 e. The molecule has 0 aliphatic heterocycles. The van der Waals surface area contributed by atoms with Crippen LogP contribution in [-0.4, -0.2) is 16.5 Å². The maximum atomic E-state index is 4.46. The quantitative estimate of drug-likeness (QED) is 0.774. The molecule has 0 aliphatic carbocycles. The number of aromatic nitrogens is 2. The Morgan fingerprint density at radius 1 is 1.25 bits per heavy atom. The van der Waals surface area contributed by atoms with Crippen LogP contribution in [0.1, 0.15) is 30.6 Å². The number of thiazole rings is 1. The number of hydrogen-bond acceptors (Lipinski definition) is 4. The van der Waals surface area contributed by atoms with Gasteiger partial charge in [0.1, 0.15) is 0 Å². The van der Waals surface area contributed by atoms with Gasteiger partial charge in [-0.3, -0.25) is 4.98 Å². The number of nitrogens with zero attached hydrogens (tertiary/aromatic N) is 2. The molecule has 1 unspecified atom stereocenters. The molecule has 0 bridgehead atoms. The van der Waals surface area contributed by atoms with E-state index in [0.717, 1.165) is 24.2 Å². The highest BCUT2D eigenvalue weighted by Gasteiger charge is 2.15. The van der Waals surface area contributed by atoms with E-state index < -0.39 is 0 Å². The minimum Gasteiger partial charge on any atom is -0.305 e. The molecule has 4 heteroatoms. The van der Waals surface area contributed by atoms with Crippen molar-refractivity contribution in [1.82, 2.24) is 15.3 Å². The van der Waals surface area contributed by atoms with Crippen molar-refractivity contribution >= 4 is 22.2 Å². The first-order valence-electron chi connectivity index (χ1n) is 6.84. The highest BCUT2D eigenvalue weighted by atomic mass is 32.1. The molecule has 0 aliphatic rings. The molecule has 2 aromatic heterocycles. The first-order valence-corrected chi connectivity index (χ1v) is 7.79. The van der Waals surface area contributed by atoms with Gasteiger partial charge in [-0.1, -0.05) is 25.1 Å². The van der Waals surface area contributed by atoms with Crippen molar-refractivity contribution < 1.29 is 0 Å². The second-order valence-electron chi connectivity index (χ2n) is 4.76. The molecule has 0 fully saturated rings. The summed E-state index contributed by atoms with van der Waals surface area (Å²) in [6.45, 7) is 3.15. The summed E-state index contributed by atoms with van der Waals surface area (Å²) in [7, 11) is 0. The molecule has 0 saturated carbocycles. The van der Waals surface area contributed by atoms with Gasteiger partial charge >= 0.3 is 0 Å². The van der Waals surface area contributed by atoms with Crippen LogP contribution in [0, 0.1) is 0 Å². The monoisotopic (exact) mass is 283 g/mol. The molecule has 3 rings (SSSR count). The van der Waals surface area contributed by atoms with Gasteiger partial charge in [0, 0.05) is 17.0 Å². The zero-order valence-corrected chi connectivity index (χ0v) is 12.2. The maximum Gasteiger partial charge on any atom is 0.0795 e. The zero-order valence-electron chi connectivity index (χ0n) is 11.4. The summed E-state index contributed by atoms with van der Waals surface area (Å²) in [4.78, 5) is 8.90. The Morgan fingerprint density at radius 3 is 3.00 bits per heavy atom. The van der Waals surface area contributed by atoms with Crippen LogP contribution in [0.25, 0.3) is 10.9 Å². The van der Waals surface area contributed by atoms with E-state index in [4.69, 9.17) is 0 Å². The van der Waals surface area contributed by atoms with Crippen molar-refractivity contribution in [3.8, 4) is 0 Å². The van der Waals surface area contributed by atoms with Crippen molar-refractivity contribution in [1.29, 1.82) is 0 Å². The lowest BCUT2D eigenvalue weighted by atomic mass is 10.0. The second-order valence-corrected chi connectivity index (χ2v) is 5.47. The van der Waals surface area contributed by atoms with E-state index >= 15 is 0 Å². The molecule has 0 amide bonds. The normalized spacial score (nSPS) is 12.7. The predicted octanol–water partition coefficient (Wildman–Crippen LogP) is 3.78. The largest absolute Gasteiger partial charge is 0.305 e. The molecular formula is C16H17N3S. The Hall–Kier alpha value is -1.78. The van der Waals surface area contributed by atoms with Crippen LogP contribution in [0.4, 0.5) is 0 Å². The molecule has 1 atom stereocenters. The number of pyridine rings is 1. The molecule has 0 radical (unpaired) electrons. The minimum atomic E-state index is 0.146. The Balaban J connectivity index is 1.99. The number of benzene rings is 1. The Kier molecular flexibility index (Phi) is 4.04. The first kappa shape index (κ1) is 13.2. The van der Waals surface area contributed by atoms with E-state index in [1.54, 1.807) is 11.3 Å². The summed E-state index contributed by atoms with van der Waals surface area (Å²) < 4.78 is 0. The van der Waals surface area contributed by atoms with Gasteiger partial charge in [0.25, 0.3) is 0 Å².